The molecule has 0 amide bonds. The molecule has 0 saturated carbocycles. The lowest BCUT2D eigenvalue weighted by atomic mass is 9.98. The quantitative estimate of drug-likeness (QED) is 0.146. The maximum absolute atomic E-state index is 9.95. The fourth-order valence-corrected chi connectivity index (χ4v) is 10.7. The number of nitrogens with zero attached hydrogens (tertiary/aromatic N) is 12. The number of hydrogen-bond donors (Lipinski definition) is 0. The van der Waals surface area contributed by atoms with E-state index < -0.39 is 0 Å². The Morgan fingerprint density at radius 1 is 0.312 bits per heavy atom. The van der Waals surface area contributed by atoms with E-state index in [2.05, 4.69) is 62.6 Å². The standard InChI is InChI=1S/C68H30N12/c1-73-53-22-40(36-69)18-49(26-53)45-6-10-63-58(30-45)59-31-46(50-19-41(37-70)23-54(27-50)74-2)7-11-64(59)79(63)67-35-62(77-5)68(34-57(67)44-14-16-78-17-15-44)80-65-12-8-47(51-20-42(38-71)24-55(28-51)75-3)32-60(65)61-33-48(9-13-66(61)80)52-21-43(39-72)25-56(29-52)76-4/h6-35H. The van der Waals surface area contributed by atoms with Crippen molar-refractivity contribution in [1.29, 1.82) is 21.0 Å². The fourth-order valence-electron chi connectivity index (χ4n) is 10.7. The van der Waals surface area contributed by atoms with Gasteiger partial charge in [-0.15, -0.1) is 0 Å². The molecule has 80 heavy (non-hydrogen) atoms. The molecule has 0 saturated heterocycles. The van der Waals surface area contributed by atoms with Gasteiger partial charge in [-0.05, 0) is 196 Å². The number of fused-ring (bicyclic) bond motifs is 6. The second-order valence-corrected chi connectivity index (χ2v) is 18.8. The zero-order valence-corrected chi connectivity index (χ0v) is 41.7. The average molecular weight is 1020 g/mol. The summed E-state index contributed by atoms with van der Waals surface area (Å²) in [5, 5.41) is 43.0. The molecule has 0 unspecified atom stereocenters. The Kier molecular flexibility index (Phi) is 11.7. The van der Waals surface area contributed by atoms with Crippen molar-refractivity contribution in [3.05, 3.63) is 262 Å². The highest BCUT2D eigenvalue weighted by molar-refractivity contribution is 6.14. The molecule has 12 rings (SSSR count). The van der Waals surface area contributed by atoms with E-state index in [1.807, 2.05) is 97.1 Å². The van der Waals surface area contributed by atoms with Crippen LogP contribution < -0.4 is 0 Å². The molecule has 3 heterocycles. The minimum absolute atomic E-state index is 0.319. The summed E-state index contributed by atoms with van der Waals surface area (Å²) in [5.41, 5.74) is 14.7. The van der Waals surface area contributed by atoms with E-state index in [0.717, 1.165) is 77.0 Å². The maximum atomic E-state index is 9.95. The molecule has 12 heteroatoms. The summed E-state index contributed by atoms with van der Waals surface area (Å²) >= 11 is 0. The minimum atomic E-state index is 0.319. The van der Waals surface area contributed by atoms with Gasteiger partial charge in [0.25, 0.3) is 0 Å². The SMILES string of the molecule is [C-]#[N+]c1cc(C#N)cc(-c2ccc3c(c2)c2cc(-c4cc(C#N)cc([N+]#[C-])c4)ccc2n3-c2cc(-c3ccncc3)c(-n3c4ccc(-c5cc(C#N)cc([N+]#[C-])c5)cc4c4cc(-c5cc(C#N)cc([N+]#[C-])c5)ccc43)cc2[N+]#[C-])c1. The van der Waals surface area contributed by atoms with Crippen LogP contribution in [-0.2, 0) is 0 Å². The van der Waals surface area contributed by atoms with E-state index in [1.54, 1.807) is 85.2 Å². The van der Waals surface area contributed by atoms with Gasteiger partial charge in [-0.2, -0.15) is 21.0 Å². The van der Waals surface area contributed by atoms with E-state index >= 15 is 0 Å². The summed E-state index contributed by atoms with van der Waals surface area (Å²) in [4.78, 5) is 23.2. The zero-order chi connectivity index (χ0) is 55.2. The van der Waals surface area contributed by atoms with Crippen LogP contribution in [0.1, 0.15) is 22.3 Å². The third kappa shape index (κ3) is 8.17. The molecule has 0 atom stereocenters. The van der Waals surface area contributed by atoms with E-state index in [1.165, 1.54) is 0 Å². The Balaban J connectivity index is 1.15. The van der Waals surface area contributed by atoms with Crippen LogP contribution in [-0.4, -0.2) is 14.1 Å². The van der Waals surface area contributed by atoms with Crippen LogP contribution in [0.2, 0.25) is 0 Å². The minimum Gasteiger partial charge on any atom is -0.319 e. The van der Waals surface area contributed by atoms with Crippen molar-refractivity contribution in [2.75, 3.05) is 0 Å². The van der Waals surface area contributed by atoms with Gasteiger partial charge >= 0.3 is 0 Å². The topological polar surface area (TPSA) is 140 Å². The second kappa shape index (κ2) is 19.4. The van der Waals surface area contributed by atoms with Crippen LogP contribution in [0.4, 0.5) is 28.4 Å². The van der Waals surface area contributed by atoms with Crippen molar-refractivity contribution in [1.82, 2.24) is 14.1 Å². The van der Waals surface area contributed by atoms with Crippen molar-refractivity contribution < 1.29 is 0 Å². The number of hydrogen-bond acceptors (Lipinski definition) is 5. The van der Waals surface area contributed by atoms with E-state index in [4.69, 9.17) is 32.9 Å². The normalized spacial score (nSPS) is 10.6. The smallest absolute Gasteiger partial charge is 0.212 e. The van der Waals surface area contributed by atoms with Crippen LogP contribution in [0, 0.1) is 78.2 Å². The first-order chi connectivity index (χ1) is 39.2. The molecular weight excluding hydrogens is 985 g/mol. The summed E-state index contributed by atoms with van der Waals surface area (Å²) in [5.74, 6) is 0. The lowest BCUT2D eigenvalue weighted by Crippen LogP contribution is -2.01. The Morgan fingerprint density at radius 2 is 0.637 bits per heavy atom. The summed E-state index contributed by atoms with van der Waals surface area (Å²) in [6.07, 6.45) is 3.44. The molecule has 0 N–H and O–H groups in total. The van der Waals surface area contributed by atoms with Crippen LogP contribution in [0.5, 0.6) is 0 Å². The lowest BCUT2D eigenvalue weighted by Gasteiger charge is -2.19. The van der Waals surface area contributed by atoms with Crippen LogP contribution in [0.15, 0.2) is 182 Å². The molecule has 0 radical (unpaired) electrons. The van der Waals surface area contributed by atoms with Gasteiger partial charge in [-0.1, -0.05) is 24.3 Å². The lowest BCUT2D eigenvalue weighted by molar-refractivity contribution is 1.15. The largest absolute Gasteiger partial charge is 0.319 e. The van der Waals surface area contributed by atoms with Crippen LogP contribution in [0.3, 0.4) is 0 Å². The average Bonchev–Trinajstić information content (AvgIpc) is 4.24. The molecule has 12 nitrogen and oxygen atoms in total. The van der Waals surface area contributed by atoms with Crippen LogP contribution in [0.25, 0.3) is 135 Å². The number of pyridine rings is 1. The first kappa shape index (κ1) is 48.1. The van der Waals surface area contributed by atoms with Gasteiger partial charge in [0, 0.05) is 67.4 Å². The molecule has 12 aromatic rings. The predicted molar refractivity (Wildman–Crippen MR) is 310 cm³/mol. The molecule has 3 aromatic heterocycles. The Morgan fingerprint density at radius 3 is 0.938 bits per heavy atom. The first-order valence-corrected chi connectivity index (χ1v) is 24.5. The summed E-state index contributed by atoms with van der Waals surface area (Å²) < 4.78 is 4.19. The number of nitriles is 4. The fraction of sp³-hybridized carbons (Fsp3) is 0. The van der Waals surface area contributed by atoms with Crippen molar-refractivity contribution >= 4 is 72.0 Å². The van der Waals surface area contributed by atoms with Gasteiger partial charge in [-0.25, -0.2) is 24.2 Å². The zero-order valence-electron chi connectivity index (χ0n) is 41.7. The van der Waals surface area contributed by atoms with Gasteiger partial charge in [-0.3, -0.25) is 4.98 Å². The predicted octanol–water partition coefficient (Wildman–Crippen LogP) is 17.9. The van der Waals surface area contributed by atoms with E-state index in [9.17, 15) is 21.0 Å². The molecule has 0 bridgehead atoms. The van der Waals surface area contributed by atoms with E-state index in [-0.39, 0.29) is 0 Å². The summed E-state index contributed by atoms with van der Waals surface area (Å²) in [6, 6.07) is 60.6. The highest BCUT2D eigenvalue weighted by atomic mass is 15.0. The number of benzene rings is 9. The third-order valence-electron chi connectivity index (χ3n) is 14.3. The Bertz CT molecular complexity index is 4730. The van der Waals surface area contributed by atoms with Crippen molar-refractivity contribution in [2.45, 2.75) is 0 Å². The van der Waals surface area contributed by atoms with Gasteiger partial charge in [0.05, 0.1) is 84.9 Å². The first-order valence-electron chi connectivity index (χ1n) is 24.5. The van der Waals surface area contributed by atoms with Crippen molar-refractivity contribution in [3.8, 4) is 91.3 Å². The maximum Gasteiger partial charge on any atom is 0.212 e. The third-order valence-corrected chi connectivity index (χ3v) is 14.3. The van der Waals surface area contributed by atoms with Gasteiger partial charge in [0.2, 0.25) is 5.69 Å². The molecule has 0 aliphatic carbocycles. The monoisotopic (exact) mass is 1010 g/mol. The Hall–Kier alpha value is -12.9. The van der Waals surface area contributed by atoms with Gasteiger partial charge in [0.1, 0.15) is 0 Å². The second-order valence-electron chi connectivity index (χ2n) is 18.8. The summed E-state index contributed by atoms with van der Waals surface area (Å²) in [7, 11) is 0. The molecule has 9 aromatic carbocycles. The molecule has 362 valence electrons. The molecule has 0 fully saturated rings. The van der Waals surface area contributed by atoms with Crippen molar-refractivity contribution in [2.24, 2.45) is 0 Å². The summed E-state index contributed by atoms with van der Waals surface area (Å²) in [6.45, 7) is 40.1. The Labute approximate surface area is 457 Å². The number of aromatic nitrogens is 3. The van der Waals surface area contributed by atoms with Crippen molar-refractivity contribution in [3.63, 3.8) is 0 Å². The molecule has 0 spiro atoms. The number of rotatable bonds is 7. The molecule has 0 aliphatic rings. The van der Waals surface area contributed by atoms with Gasteiger partial charge in [0.15, 0.2) is 22.7 Å². The highest BCUT2D eigenvalue weighted by Gasteiger charge is 2.24. The highest BCUT2D eigenvalue weighted by Crippen LogP contribution is 2.46. The van der Waals surface area contributed by atoms with Gasteiger partial charge < -0.3 is 9.13 Å². The van der Waals surface area contributed by atoms with E-state index in [0.29, 0.717) is 84.3 Å². The molecular formula is C68H30N12. The van der Waals surface area contributed by atoms with Crippen LogP contribution >= 0.6 is 0 Å². The molecule has 0 aliphatic heterocycles.